The lowest BCUT2D eigenvalue weighted by Gasteiger charge is -2.10. The van der Waals surface area contributed by atoms with Gasteiger partial charge in [-0.2, -0.15) is 5.10 Å². The number of aldehydes is 1. The molecular weight excluding hydrogens is 196 g/mol. The highest BCUT2D eigenvalue weighted by atomic mass is 16.4. The van der Waals surface area contributed by atoms with Crippen LogP contribution in [0.3, 0.4) is 0 Å². The Labute approximate surface area is 87.7 Å². The van der Waals surface area contributed by atoms with E-state index >= 15 is 0 Å². The van der Waals surface area contributed by atoms with E-state index in [0.717, 1.165) is 6.42 Å². The van der Waals surface area contributed by atoms with Crippen LogP contribution in [0.1, 0.15) is 41.9 Å². The molecule has 1 rings (SSSR count). The van der Waals surface area contributed by atoms with Gasteiger partial charge in [0.2, 0.25) is 0 Å². The standard InChI is InChI=1S/C10H14N2O3/c1-3-4-9(10(14)15)12-5-8(6-13)7(2)11-12/h5-6,9H,3-4H2,1-2H3,(H,14,15). The van der Waals surface area contributed by atoms with Gasteiger partial charge in [0.05, 0.1) is 11.3 Å². The summed E-state index contributed by atoms with van der Waals surface area (Å²) in [7, 11) is 0. The highest BCUT2D eigenvalue weighted by Crippen LogP contribution is 2.15. The second kappa shape index (κ2) is 4.72. The molecule has 1 aromatic rings. The fourth-order valence-electron chi connectivity index (χ4n) is 1.41. The van der Waals surface area contributed by atoms with Gasteiger partial charge in [-0.05, 0) is 13.3 Å². The van der Waals surface area contributed by atoms with Crippen molar-refractivity contribution in [2.45, 2.75) is 32.7 Å². The maximum absolute atomic E-state index is 10.9. The second-order valence-electron chi connectivity index (χ2n) is 3.41. The molecule has 0 aliphatic carbocycles. The third kappa shape index (κ3) is 2.43. The number of carboxylic acid groups (broad SMARTS) is 1. The van der Waals surface area contributed by atoms with Gasteiger partial charge in [-0.25, -0.2) is 4.79 Å². The molecular formula is C10H14N2O3. The van der Waals surface area contributed by atoms with Crippen molar-refractivity contribution < 1.29 is 14.7 Å². The molecule has 0 aromatic carbocycles. The highest BCUT2D eigenvalue weighted by molar-refractivity contribution is 5.76. The van der Waals surface area contributed by atoms with E-state index in [1.807, 2.05) is 6.92 Å². The lowest BCUT2D eigenvalue weighted by atomic mass is 10.2. The average Bonchev–Trinajstić information content (AvgIpc) is 2.55. The van der Waals surface area contributed by atoms with Gasteiger partial charge < -0.3 is 5.11 Å². The van der Waals surface area contributed by atoms with Crippen molar-refractivity contribution in [1.82, 2.24) is 9.78 Å². The van der Waals surface area contributed by atoms with E-state index in [4.69, 9.17) is 5.11 Å². The van der Waals surface area contributed by atoms with E-state index < -0.39 is 12.0 Å². The van der Waals surface area contributed by atoms with Gasteiger partial charge in [-0.15, -0.1) is 0 Å². The number of carbonyl (C=O) groups excluding carboxylic acids is 1. The Morgan fingerprint density at radius 1 is 1.73 bits per heavy atom. The number of carbonyl (C=O) groups is 2. The molecule has 15 heavy (non-hydrogen) atoms. The first-order valence-corrected chi connectivity index (χ1v) is 4.83. The first-order valence-electron chi connectivity index (χ1n) is 4.83. The molecule has 0 saturated heterocycles. The fraction of sp³-hybridized carbons (Fsp3) is 0.500. The monoisotopic (exact) mass is 210 g/mol. The molecule has 1 heterocycles. The highest BCUT2D eigenvalue weighted by Gasteiger charge is 2.20. The molecule has 0 aliphatic heterocycles. The molecule has 5 heteroatoms. The Morgan fingerprint density at radius 2 is 2.40 bits per heavy atom. The van der Waals surface area contributed by atoms with E-state index in [0.29, 0.717) is 24.0 Å². The van der Waals surface area contributed by atoms with E-state index in [1.165, 1.54) is 10.9 Å². The maximum atomic E-state index is 10.9. The number of hydrogen-bond donors (Lipinski definition) is 1. The van der Waals surface area contributed by atoms with Gasteiger partial charge in [-0.1, -0.05) is 13.3 Å². The number of aryl methyl sites for hydroxylation is 1. The Kier molecular flexibility index (Phi) is 3.60. The van der Waals surface area contributed by atoms with E-state index in [2.05, 4.69) is 5.10 Å². The summed E-state index contributed by atoms with van der Waals surface area (Å²) in [5.41, 5.74) is 1.00. The van der Waals surface area contributed by atoms with Crippen molar-refractivity contribution in [3.05, 3.63) is 17.5 Å². The van der Waals surface area contributed by atoms with E-state index in [1.54, 1.807) is 6.92 Å². The Hall–Kier alpha value is -1.65. The van der Waals surface area contributed by atoms with Gasteiger partial charge >= 0.3 is 5.97 Å². The molecule has 1 unspecified atom stereocenters. The van der Waals surface area contributed by atoms with Crippen LogP contribution in [0.5, 0.6) is 0 Å². The van der Waals surface area contributed by atoms with Crippen molar-refractivity contribution in [2.24, 2.45) is 0 Å². The second-order valence-corrected chi connectivity index (χ2v) is 3.41. The maximum Gasteiger partial charge on any atom is 0.328 e. The summed E-state index contributed by atoms with van der Waals surface area (Å²) in [5.74, 6) is -0.920. The summed E-state index contributed by atoms with van der Waals surface area (Å²) in [6.07, 6.45) is 3.43. The van der Waals surface area contributed by atoms with Gasteiger partial charge in [0.15, 0.2) is 6.29 Å². The van der Waals surface area contributed by atoms with E-state index in [9.17, 15) is 9.59 Å². The van der Waals surface area contributed by atoms with Crippen molar-refractivity contribution in [3.63, 3.8) is 0 Å². The zero-order chi connectivity index (χ0) is 11.4. The summed E-state index contributed by atoms with van der Waals surface area (Å²) in [6, 6.07) is -0.678. The van der Waals surface area contributed by atoms with Crippen molar-refractivity contribution in [3.8, 4) is 0 Å². The Morgan fingerprint density at radius 3 is 2.80 bits per heavy atom. The number of aliphatic carboxylic acids is 1. The molecule has 0 bridgehead atoms. The minimum atomic E-state index is -0.920. The quantitative estimate of drug-likeness (QED) is 0.746. The van der Waals surface area contributed by atoms with E-state index in [-0.39, 0.29) is 0 Å². The zero-order valence-electron chi connectivity index (χ0n) is 8.80. The Balaban J connectivity index is 3.00. The minimum absolute atomic E-state index is 0.442. The normalized spacial score (nSPS) is 12.4. The van der Waals surface area contributed by atoms with Crippen LogP contribution in [0.15, 0.2) is 6.20 Å². The predicted octanol–water partition coefficient (Wildman–Crippen LogP) is 1.43. The number of aromatic nitrogens is 2. The zero-order valence-corrected chi connectivity index (χ0v) is 8.80. The van der Waals surface area contributed by atoms with Crippen molar-refractivity contribution in [1.29, 1.82) is 0 Å². The van der Waals surface area contributed by atoms with Crippen LogP contribution in [0, 0.1) is 6.92 Å². The molecule has 1 N–H and O–H groups in total. The molecule has 0 aliphatic rings. The molecule has 0 fully saturated rings. The summed E-state index contributed by atoms with van der Waals surface area (Å²) in [4.78, 5) is 21.5. The van der Waals surface area contributed by atoms with Gasteiger partial charge in [-0.3, -0.25) is 9.48 Å². The van der Waals surface area contributed by atoms with Crippen LogP contribution in [0.25, 0.3) is 0 Å². The number of nitrogens with zero attached hydrogens (tertiary/aromatic N) is 2. The predicted molar refractivity (Wildman–Crippen MR) is 53.9 cm³/mol. The summed E-state index contributed by atoms with van der Waals surface area (Å²) < 4.78 is 1.35. The molecule has 1 atom stereocenters. The molecule has 0 spiro atoms. The minimum Gasteiger partial charge on any atom is -0.480 e. The summed E-state index contributed by atoms with van der Waals surface area (Å²) in [6.45, 7) is 3.60. The van der Waals surface area contributed by atoms with Gasteiger partial charge in [0.1, 0.15) is 6.04 Å². The molecule has 1 aromatic heterocycles. The molecule has 5 nitrogen and oxygen atoms in total. The van der Waals surface area contributed by atoms with Crippen LogP contribution < -0.4 is 0 Å². The fourth-order valence-corrected chi connectivity index (χ4v) is 1.41. The van der Waals surface area contributed by atoms with Crippen molar-refractivity contribution >= 4 is 12.3 Å². The molecule has 0 amide bonds. The van der Waals surface area contributed by atoms with Crippen LogP contribution >= 0.6 is 0 Å². The third-order valence-electron chi connectivity index (χ3n) is 2.25. The SMILES string of the molecule is CCCC(C(=O)O)n1cc(C=O)c(C)n1. The molecule has 0 saturated carbocycles. The topological polar surface area (TPSA) is 72.2 Å². The summed E-state index contributed by atoms with van der Waals surface area (Å²) in [5, 5.41) is 13.0. The van der Waals surface area contributed by atoms with Crippen LogP contribution in [0.4, 0.5) is 0 Å². The lowest BCUT2D eigenvalue weighted by molar-refractivity contribution is -0.141. The van der Waals surface area contributed by atoms with Crippen molar-refractivity contribution in [2.75, 3.05) is 0 Å². The van der Waals surface area contributed by atoms with Gasteiger partial charge in [0.25, 0.3) is 0 Å². The summed E-state index contributed by atoms with van der Waals surface area (Å²) >= 11 is 0. The lowest BCUT2D eigenvalue weighted by Crippen LogP contribution is -2.19. The smallest absolute Gasteiger partial charge is 0.328 e. The third-order valence-corrected chi connectivity index (χ3v) is 2.25. The number of carboxylic acids is 1. The largest absolute Gasteiger partial charge is 0.480 e. The number of hydrogen-bond acceptors (Lipinski definition) is 3. The molecule has 82 valence electrons. The van der Waals surface area contributed by atoms with Gasteiger partial charge in [0, 0.05) is 6.20 Å². The number of rotatable bonds is 5. The Bertz CT molecular complexity index is 371. The van der Waals surface area contributed by atoms with Crippen LogP contribution in [-0.4, -0.2) is 27.1 Å². The first kappa shape index (κ1) is 11.4. The molecule has 0 radical (unpaired) electrons. The van der Waals surface area contributed by atoms with Crippen LogP contribution in [0.2, 0.25) is 0 Å². The first-order chi connectivity index (χ1) is 7.10. The average molecular weight is 210 g/mol. The van der Waals surface area contributed by atoms with Crippen LogP contribution in [-0.2, 0) is 4.79 Å².